The summed E-state index contributed by atoms with van der Waals surface area (Å²) in [5.74, 6) is 0.433. The second-order valence-electron chi connectivity index (χ2n) is 4.19. The Kier molecular flexibility index (Phi) is 4.89. The first-order valence-corrected chi connectivity index (χ1v) is 6.33. The van der Waals surface area contributed by atoms with Gasteiger partial charge in [-0.15, -0.1) is 0 Å². The van der Waals surface area contributed by atoms with E-state index < -0.39 is 0 Å². The topological polar surface area (TPSA) is 65.2 Å². The molecule has 2 aromatic carbocycles. The summed E-state index contributed by atoms with van der Waals surface area (Å²) in [5.41, 5.74) is 1.38. The summed E-state index contributed by atoms with van der Waals surface area (Å²) >= 11 is 0. The van der Waals surface area contributed by atoms with E-state index in [1.807, 2.05) is 12.1 Å². The van der Waals surface area contributed by atoms with E-state index in [1.165, 1.54) is 0 Å². The van der Waals surface area contributed by atoms with Crippen LogP contribution in [-0.2, 0) is 0 Å². The van der Waals surface area contributed by atoms with Crippen molar-refractivity contribution >= 4 is 12.4 Å². The smallest absolute Gasteiger partial charge is 0.124 e. The molecule has 2 aromatic rings. The molecule has 2 N–H and O–H groups in total. The molecule has 4 nitrogen and oxygen atoms in total. The Labute approximate surface area is 117 Å². The fourth-order valence-corrected chi connectivity index (χ4v) is 1.63. The molecule has 0 saturated heterocycles. The molecule has 0 aromatic heterocycles. The first kappa shape index (κ1) is 13.8. The zero-order chi connectivity index (χ0) is 14.2. The summed E-state index contributed by atoms with van der Waals surface area (Å²) in [6.45, 7) is 1.05. The Morgan fingerprint density at radius 2 is 1.10 bits per heavy atom. The van der Waals surface area contributed by atoms with Gasteiger partial charge in [0, 0.05) is 23.6 Å². The van der Waals surface area contributed by atoms with Gasteiger partial charge in [-0.25, -0.2) is 0 Å². The van der Waals surface area contributed by atoms with Crippen LogP contribution >= 0.6 is 0 Å². The summed E-state index contributed by atoms with van der Waals surface area (Å²) in [6.07, 6.45) is 3.26. The van der Waals surface area contributed by atoms with E-state index in [2.05, 4.69) is 9.98 Å². The lowest BCUT2D eigenvalue weighted by Crippen LogP contribution is -1.91. The van der Waals surface area contributed by atoms with Crippen LogP contribution in [-0.4, -0.2) is 35.7 Å². The number of aromatic hydroxyl groups is 2. The Balaban J connectivity index is 1.82. The summed E-state index contributed by atoms with van der Waals surface area (Å²) < 4.78 is 0. The molecule has 0 saturated carbocycles. The molecule has 0 unspecified atom stereocenters. The lowest BCUT2D eigenvalue weighted by atomic mass is 10.2. The van der Waals surface area contributed by atoms with Gasteiger partial charge in [-0.1, -0.05) is 24.3 Å². The molecule has 0 fully saturated rings. The maximum Gasteiger partial charge on any atom is 0.124 e. The molecule has 2 rings (SSSR count). The number of nitrogens with zero attached hydrogens (tertiary/aromatic N) is 2. The van der Waals surface area contributed by atoms with Crippen molar-refractivity contribution < 1.29 is 10.2 Å². The first-order valence-electron chi connectivity index (χ1n) is 6.33. The second kappa shape index (κ2) is 7.09. The Hall–Kier alpha value is -2.62. The highest BCUT2D eigenvalue weighted by atomic mass is 16.3. The SMILES string of the molecule is Oc1ccccc1/C=N\CC/N=C\c1ccccc1O. The van der Waals surface area contributed by atoms with Gasteiger partial charge < -0.3 is 10.2 Å². The monoisotopic (exact) mass is 268 g/mol. The number of benzene rings is 2. The van der Waals surface area contributed by atoms with E-state index in [0.29, 0.717) is 24.2 Å². The average molecular weight is 268 g/mol. The van der Waals surface area contributed by atoms with Gasteiger partial charge in [-0.3, -0.25) is 9.98 Å². The number of rotatable bonds is 5. The lowest BCUT2D eigenvalue weighted by Gasteiger charge is -1.97. The van der Waals surface area contributed by atoms with E-state index in [-0.39, 0.29) is 11.5 Å². The fraction of sp³-hybridized carbons (Fsp3) is 0.125. The van der Waals surface area contributed by atoms with Crippen LogP contribution in [0.25, 0.3) is 0 Å². The van der Waals surface area contributed by atoms with Gasteiger partial charge in [0.05, 0.1) is 13.1 Å². The van der Waals surface area contributed by atoms with Crippen LogP contribution in [0.4, 0.5) is 0 Å². The predicted molar refractivity (Wildman–Crippen MR) is 81.1 cm³/mol. The molecule has 0 aliphatic carbocycles. The number of aliphatic imine (C=N–C) groups is 2. The van der Waals surface area contributed by atoms with Crippen molar-refractivity contribution in [1.29, 1.82) is 0 Å². The third-order valence-corrected chi connectivity index (χ3v) is 2.69. The third-order valence-electron chi connectivity index (χ3n) is 2.69. The number of hydrogen-bond acceptors (Lipinski definition) is 4. The predicted octanol–water partition coefficient (Wildman–Crippen LogP) is 2.64. The van der Waals surface area contributed by atoms with Gasteiger partial charge in [-0.05, 0) is 24.3 Å². The fourth-order valence-electron chi connectivity index (χ4n) is 1.63. The first-order chi connectivity index (χ1) is 9.77. The van der Waals surface area contributed by atoms with Crippen molar-refractivity contribution in [2.45, 2.75) is 0 Å². The third kappa shape index (κ3) is 3.95. The summed E-state index contributed by atoms with van der Waals surface area (Å²) in [6, 6.07) is 14.1. The largest absolute Gasteiger partial charge is 0.507 e. The van der Waals surface area contributed by atoms with Crippen molar-refractivity contribution in [1.82, 2.24) is 0 Å². The van der Waals surface area contributed by atoms with Gasteiger partial charge in [0.25, 0.3) is 0 Å². The van der Waals surface area contributed by atoms with Crippen LogP contribution in [0.15, 0.2) is 58.5 Å². The van der Waals surface area contributed by atoms with Gasteiger partial charge in [-0.2, -0.15) is 0 Å². The lowest BCUT2D eigenvalue weighted by molar-refractivity contribution is 0.474. The Morgan fingerprint density at radius 3 is 1.50 bits per heavy atom. The quantitative estimate of drug-likeness (QED) is 0.646. The van der Waals surface area contributed by atoms with Crippen LogP contribution in [0, 0.1) is 0 Å². The average Bonchev–Trinajstić information content (AvgIpc) is 2.46. The molecular formula is C16H16N2O2. The zero-order valence-corrected chi connectivity index (χ0v) is 11.0. The molecule has 4 heteroatoms. The molecular weight excluding hydrogens is 252 g/mol. The van der Waals surface area contributed by atoms with Gasteiger partial charge >= 0.3 is 0 Å². The molecule has 0 amide bonds. The molecule has 0 atom stereocenters. The van der Waals surface area contributed by atoms with Crippen LogP contribution in [0.3, 0.4) is 0 Å². The molecule has 0 bridgehead atoms. The van der Waals surface area contributed by atoms with Crippen molar-refractivity contribution in [2.75, 3.05) is 13.1 Å². The Morgan fingerprint density at radius 1 is 0.700 bits per heavy atom. The Bertz CT molecular complexity index is 566. The zero-order valence-electron chi connectivity index (χ0n) is 11.0. The van der Waals surface area contributed by atoms with Crippen LogP contribution in [0.1, 0.15) is 11.1 Å². The van der Waals surface area contributed by atoms with E-state index in [9.17, 15) is 10.2 Å². The molecule has 0 aliphatic rings. The van der Waals surface area contributed by atoms with Crippen LogP contribution < -0.4 is 0 Å². The normalized spacial score (nSPS) is 11.4. The van der Waals surface area contributed by atoms with E-state index in [4.69, 9.17) is 0 Å². The van der Waals surface area contributed by atoms with E-state index in [1.54, 1.807) is 48.8 Å². The number of para-hydroxylation sites is 2. The highest BCUT2D eigenvalue weighted by molar-refractivity contribution is 5.84. The standard InChI is InChI=1S/C16H16N2O2/c19-15-7-3-1-5-13(15)11-17-9-10-18-12-14-6-2-4-8-16(14)20/h1-8,11-12,19-20H,9-10H2/b17-11-,18-12-. The molecule has 20 heavy (non-hydrogen) atoms. The maximum absolute atomic E-state index is 9.54. The van der Waals surface area contributed by atoms with Crippen molar-refractivity contribution in [3.63, 3.8) is 0 Å². The second-order valence-corrected chi connectivity index (χ2v) is 4.19. The molecule has 0 aliphatic heterocycles. The number of phenolic OH excluding ortho intramolecular Hbond substituents is 2. The number of hydrogen-bond donors (Lipinski definition) is 2. The van der Waals surface area contributed by atoms with Crippen LogP contribution in [0.5, 0.6) is 11.5 Å². The summed E-state index contributed by atoms with van der Waals surface area (Å²) in [5, 5.41) is 19.1. The summed E-state index contributed by atoms with van der Waals surface area (Å²) in [7, 11) is 0. The maximum atomic E-state index is 9.54. The molecule has 102 valence electrons. The van der Waals surface area contributed by atoms with Crippen molar-refractivity contribution in [3.05, 3.63) is 59.7 Å². The van der Waals surface area contributed by atoms with Gasteiger partial charge in [0.2, 0.25) is 0 Å². The van der Waals surface area contributed by atoms with Crippen molar-refractivity contribution in [3.8, 4) is 11.5 Å². The van der Waals surface area contributed by atoms with Gasteiger partial charge in [0.15, 0.2) is 0 Å². The summed E-state index contributed by atoms with van der Waals surface area (Å²) in [4.78, 5) is 8.39. The van der Waals surface area contributed by atoms with E-state index >= 15 is 0 Å². The molecule has 0 radical (unpaired) electrons. The minimum atomic E-state index is 0.217. The van der Waals surface area contributed by atoms with Gasteiger partial charge in [0.1, 0.15) is 11.5 Å². The van der Waals surface area contributed by atoms with Crippen LogP contribution in [0.2, 0.25) is 0 Å². The minimum Gasteiger partial charge on any atom is -0.507 e. The van der Waals surface area contributed by atoms with E-state index in [0.717, 1.165) is 0 Å². The molecule has 0 spiro atoms. The highest BCUT2D eigenvalue weighted by Crippen LogP contribution is 2.13. The van der Waals surface area contributed by atoms with Crippen molar-refractivity contribution in [2.24, 2.45) is 9.98 Å². The number of phenols is 2. The minimum absolute atomic E-state index is 0.217. The molecule has 0 heterocycles. The highest BCUT2D eigenvalue weighted by Gasteiger charge is 1.95.